The van der Waals surface area contributed by atoms with Crippen LogP contribution in [0.15, 0.2) is 0 Å². The molecule has 0 aliphatic heterocycles. The Hall–Kier alpha value is 1.55. The van der Waals surface area contributed by atoms with E-state index in [2.05, 4.69) is 6.92 Å². The van der Waals surface area contributed by atoms with Crippen molar-refractivity contribution in [3.05, 3.63) is 0 Å². The summed E-state index contributed by atoms with van der Waals surface area (Å²) in [5, 5.41) is 0. The van der Waals surface area contributed by atoms with Crippen molar-refractivity contribution in [2.45, 2.75) is 51.9 Å². The molecule has 14 heavy (non-hydrogen) atoms. The predicted octanol–water partition coefficient (Wildman–Crippen LogP) is -0.259. The average Bonchev–Trinajstić information content (AvgIpc) is 2.01. The molecule has 0 heterocycles. The first-order valence-corrected chi connectivity index (χ1v) is 6.62. The van der Waals surface area contributed by atoms with Crippen molar-refractivity contribution in [2.75, 3.05) is 5.75 Å². The van der Waals surface area contributed by atoms with Crippen molar-refractivity contribution in [3.8, 4) is 0 Å². The maximum Gasteiger partial charge on any atom is 1.00 e. The summed E-state index contributed by atoms with van der Waals surface area (Å²) >= 11 is 0. The van der Waals surface area contributed by atoms with Gasteiger partial charge in [0.2, 0.25) is 0 Å². The molecule has 3 nitrogen and oxygen atoms in total. The minimum absolute atomic E-state index is 0. The van der Waals surface area contributed by atoms with E-state index in [4.69, 9.17) is 4.55 Å². The number of rotatable bonds is 8. The summed E-state index contributed by atoms with van der Waals surface area (Å²) < 4.78 is 29.1. The SMILES string of the molecule is CCCCCCCCCS(=O)(=O)O.[H-].[K+]. The molecular weight excluding hydrogens is 227 g/mol. The van der Waals surface area contributed by atoms with E-state index >= 15 is 0 Å². The Morgan fingerprint density at radius 1 is 1.00 bits per heavy atom. The van der Waals surface area contributed by atoms with E-state index in [0.717, 1.165) is 12.8 Å². The number of hydrogen-bond acceptors (Lipinski definition) is 2. The van der Waals surface area contributed by atoms with Gasteiger partial charge in [0.1, 0.15) is 0 Å². The van der Waals surface area contributed by atoms with Crippen molar-refractivity contribution in [1.82, 2.24) is 0 Å². The Morgan fingerprint density at radius 2 is 1.43 bits per heavy atom. The quantitative estimate of drug-likeness (QED) is 0.366. The van der Waals surface area contributed by atoms with Crippen LogP contribution in [-0.2, 0) is 10.1 Å². The van der Waals surface area contributed by atoms with Crippen LogP contribution in [0.2, 0.25) is 0 Å². The molecule has 0 spiro atoms. The Kier molecular flexibility index (Phi) is 14.1. The predicted molar refractivity (Wildman–Crippen MR) is 55.5 cm³/mol. The van der Waals surface area contributed by atoms with Crippen LogP contribution >= 0.6 is 0 Å². The molecule has 0 aromatic rings. The number of unbranched alkanes of at least 4 members (excludes halogenated alkanes) is 6. The third-order valence-electron chi connectivity index (χ3n) is 2.01. The van der Waals surface area contributed by atoms with E-state index in [1.807, 2.05) is 0 Å². The van der Waals surface area contributed by atoms with Gasteiger partial charge in [-0.2, -0.15) is 8.42 Å². The molecule has 1 N–H and O–H groups in total. The third-order valence-corrected chi connectivity index (χ3v) is 2.81. The molecule has 0 saturated heterocycles. The molecule has 0 bridgehead atoms. The van der Waals surface area contributed by atoms with E-state index in [0.29, 0.717) is 6.42 Å². The maximum atomic E-state index is 10.3. The minimum atomic E-state index is -3.72. The van der Waals surface area contributed by atoms with E-state index in [1.54, 1.807) is 0 Å². The summed E-state index contributed by atoms with van der Waals surface area (Å²) in [6.07, 6.45) is 7.48. The molecule has 0 aromatic carbocycles. The summed E-state index contributed by atoms with van der Waals surface area (Å²) in [6.45, 7) is 2.17. The fraction of sp³-hybridized carbons (Fsp3) is 1.00. The molecule has 5 heteroatoms. The minimum Gasteiger partial charge on any atom is -1.00 e. The monoisotopic (exact) mass is 248 g/mol. The van der Waals surface area contributed by atoms with Gasteiger partial charge in [-0.3, -0.25) is 4.55 Å². The molecule has 0 saturated carbocycles. The largest absolute Gasteiger partial charge is 1.00 e. The molecule has 0 rings (SSSR count). The zero-order valence-corrected chi connectivity index (χ0v) is 13.3. The van der Waals surface area contributed by atoms with Gasteiger partial charge in [-0.05, 0) is 6.42 Å². The zero-order chi connectivity index (χ0) is 10.2. The Morgan fingerprint density at radius 3 is 1.86 bits per heavy atom. The topological polar surface area (TPSA) is 54.4 Å². The molecule has 0 fully saturated rings. The molecular formula is C9H21KO3S. The van der Waals surface area contributed by atoms with Gasteiger partial charge < -0.3 is 1.43 Å². The van der Waals surface area contributed by atoms with Crippen LogP contribution in [0, 0.1) is 0 Å². The third kappa shape index (κ3) is 16.0. The molecule has 0 aliphatic carbocycles. The summed E-state index contributed by atoms with van der Waals surface area (Å²) in [7, 11) is -3.72. The first-order valence-electron chi connectivity index (χ1n) is 5.01. The van der Waals surface area contributed by atoms with E-state index in [-0.39, 0.29) is 58.6 Å². The fourth-order valence-electron chi connectivity index (χ4n) is 1.24. The molecule has 0 aromatic heterocycles. The molecule has 0 aliphatic rings. The van der Waals surface area contributed by atoms with Crippen LogP contribution in [0.3, 0.4) is 0 Å². The van der Waals surface area contributed by atoms with Crippen LogP contribution in [0.1, 0.15) is 53.3 Å². The van der Waals surface area contributed by atoms with Crippen molar-refractivity contribution < 1.29 is 65.8 Å². The van der Waals surface area contributed by atoms with Crippen molar-refractivity contribution in [3.63, 3.8) is 0 Å². The normalized spacial score (nSPS) is 11.0. The first kappa shape index (κ1) is 17.9. The van der Waals surface area contributed by atoms with E-state index < -0.39 is 10.1 Å². The Labute approximate surface area is 132 Å². The average molecular weight is 248 g/mol. The van der Waals surface area contributed by atoms with E-state index in [1.165, 1.54) is 25.7 Å². The van der Waals surface area contributed by atoms with Crippen LogP contribution < -0.4 is 51.4 Å². The van der Waals surface area contributed by atoms with Gasteiger partial charge in [-0.15, -0.1) is 0 Å². The van der Waals surface area contributed by atoms with Crippen molar-refractivity contribution >= 4 is 10.1 Å². The van der Waals surface area contributed by atoms with Crippen LogP contribution in [0.25, 0.3) is 0 Å². The maximum absolute atomic E-state index is 10.3. The van der Waals surface area contributed by atoms with Gasteiger partial charge in [-0.1, -0.05) is 45.4 Å². The molecule has 0 amide bonds. The van der Waals surface area contributed by atoms with Crippen molar-refractivity contribution in [2.24, 2.45) is 0 Å². The van der Waals surface area contributed by atoms with Crippen LogP contribution in [0.5, 0.6) is 0 Å². The first-order chi connectivity index (χ1) is 6.06. The second-order valence-electron chi connectivity index (χ2n) is 3.41. The van der Waals surface area contributed by atoms with Crippen LogP contribution in [-0.4, -0.2) is 18.7 Å². The van der Waals surface area contributed by atoms with Gasteiger partial charge in [0, 0.05) is 0 Å². The molecule has 0 atom stereocenters. The van der Waals surface area contributed by atoms with Gasteiger partial charge >= 0.3 is 51.4 Å². The number of hydrogen-bond donors (Lipinski definition) is 1. The second-order valence-corrected chi connectivity index (χ2v) is 4.98. The Bertz CT molecular complexity index is 207. The molecule has 0 unspecified atom stereocenters. The standard InChI is InChI=1S/C9H20O3S.K.H/c1-2-3-4-5-6-7-8-9-13(10,11)12;;/h2-9H2,1H3,(H,10,11,12);;/q;+1;-1. The van der Waals surface area contributed by atoms with Gasteiger partial charge in [0.15, 0.2) is 0 Å². The molecule has 0 radical (unpaired) electrons. The second kappa shape index (κ2) is 11.0. The summed E-state index contributed by atoms with van der Waals surface area (Å²) in [5.74, 6) is -0.0826. The van der Waals surface area contributed by atoms with Crippen LogP contribution in [0.4, 0.5) is 0 Å². The van der Waals surface area contributed by atoms with Gasteiger partial charge in [0.25, 0.3) is 10.1 Å². The Balaban J connectivity index is -0.000000720. The zero-order valence-electron chi connectivity index (χ0n) is 10.3. The smallest absolute Gasteiger partial charge is 1.00 e. The van der Waals surface area contributed by atoms with Gasteiger partial charge in [0.05, 0.1) is 5.75 Å². The summed E-state index contributed by atoms with van der Waals surface area (Å²) in [4.78, 5) is 0. The van der Waals surface area contributed by atoms with E-state index in [9.17, 15) is 8.42 Å². The fourth-order valence-corrected chi connectivity index (χ4v) is 1.81. The summed E-state index contributed by atoms with van der Waals surface area (Å²) in [5.41, 5.74) is 0. The van der Waals surface area contributed by atoms with Gasteiger partial charge in [-0.25, -0.2) is 0 Å². The van der Waals surface area contributed by atoms with Crippen molar-refractivity contribution in [1.29, 1.82) is 0 Å². The summed E-state index contributed by atoms with van der Waals surface area (Å²) in [6, 6.07) is 0. The molecule has 82 valence electrons.